The van der Waals surface area contributed by atoms with Gasteiger partial charge in [-0.15, -0.1) is 11.3 Å². The third-order valence-corrected chi connectivity index (χ3v) is 8.56. The molecule has 1 saturated heterocycles. The van der Waals surface area contributed by atoms with Gasteiger partial charge in [0.25, 0.3) is 0 Å². The minimum Gasteiger partial charge on any atom is -0.478 e. The van der Waals surface area contributed by atoms with Crippen molar-refractivity contribution in [2.45, 2.75) is 71.1 Å². The van der Waals surface area contributed by atoms with Crippen molar-refractivity contribution in [1.82, 2.24) is 0 Å². The fourth-order valence-corrected chi connectivity index (χ4v) is 7.08. The van der Waals surface area contributed by atoms with Crippen LogP contribution < -0.4 is 10.2 Å². The smallest absolute Gasteiger partial charge is 0.338 e. The number of rotatable bonds is 6. The number of carbonyl (C=O) groups is 1. The van der Waals surface area contributed by atoms with E-state index in [1.54, 1.807) is 7.11 Å². The van der Waals surface area contributed by atoms with Gasteiger partial charge < -0.3 is 25.2 Å². The predicted octanol–water partition coefficient (Wildman–Crippen LogP) is 5.41. The number of fused-ring (bicyclic) bond motifs is 1. The van der Waals surface area contributed by atoms with E-state index < -0.39 is 12.2 Å². The van der Waals surface area contributed by atoms with E-state index in [9.17, 15) is 15.0 Å². The number of aromatic carboxylic acids is 1. The van der Waals surface area contributed by atoms with Gasteiger partial charge in [-0.1, -0.05) is 39.8 Å². The molecule has 2 aliphatic rings. The fourth-order valence-electron chi connectivity index (χ4n) is 5.75. The van der Waals surface area contributed by atoms with Crippen LogP contribution in [0.2, 0.25) is 0 Å². The van der Waals surface area contributed by atoms with E-state index in [1.807, 2.05) is 24.3 Å². The number of ether oxygens (including phenoxy) is 1. The molecule has 2 heterocycles. The van der Waals surface area contributed by atoms with E-state index >= 15 is 0 Å². The highest BCUT2D eigenvalue weighted by atomic mass is 32.1. The molecule has 3 N–H and O–H groups in total. The summed E-state index contributed by atoms with van der Waals surface area (Å²) in [6.45, 7) is 10.7. The molecule has 0 bridgehead atoms. The first-order valence-corrected chi connectivity index (χ1v) is 12.5. The Morgan fingerprint density at radius 3 is 2.39 bits per heavy atom. The van der Waals surface area contributed by atoms with Gasteiger partial charge in [0.15, 0.2) is 6.23 Å². The summed E-state index contributed by atoms with van der Waals surface area (Å²) in [5.41, 5.74) is 3.00. The zero-order chi connectivity index (χ0) is 24.0. The Kier molecular flexibility index (Phi) is 6.51. The van der Waals surface area contributed by atoms with Gasteiger partial charge in [0.05, 0.1) is 11.7 Å². The van der Waals surface area contributed by atoms with Gasteiger partial charge in [0.2, 0.25) is 0 Å². The lowest BCUT2D eigenvalue weighted by molar-refractivity contribution is 0.0695. The van der Waals surface area contributed by atoms with Crippen molar-refractivity contribution in [3.63, 3.8) is 0 Å². The third kappa shape index (κ3) is 4.91. The van der Waals surface area contributed by atoms with Gasteiger partial charge >= 0.3 is 5.97 Å². The molecule has 1 unspecified atom stereocenters. The van der Waals surface area contributed by atoms with Crippen LogP contribution in [0.1, 0.15) is 79.5 Å². The molecule has 7 heteroatoms. The number of piperidine rings is 1. The van der Waals surface area contributed by atoms with Gasteiger partial charge in [-0.25, -0.2) is 4.79 Å². The number of benzene rings is 1. The van der Waals surface area contributed by atoms with Gasteiger partial charge in [0, 0.05) is 36.3 Å². The van der Waals surface area contributed by atoms with Gasteiger partial charge in [-0.05, 0) is 54.2 Å². The monoisotopic (exact) mass is 472 g/mol. The van der Waals surface area contributed by atoms with Crippen molar-refractivity contribution >= 4 is 28.0 Å². The average Bonchev–Trinajstić information content (AvgIpc) is 3.11. The normalized spacial score (nSPS) is 20.8. The zero-order valence-corrected chi connectivity index (χ0v) is 21.1. The largest absolute Gasteiger partial charge is 0.478 e. The minimum absolute atomic E-state index is 0.0330. The first-order valence-electron chi connectivity index (χ1n) is 11.7. The summed E-state index contributed by atoms with van der Waals surface area (Å²) in [7, 11) is 1.77. The van der Waals surface area contributed by atoms with E-state index in [4.69, 9.17) is 4.74 Å². The fraction of sp³-hybridized carbons (Fsp3) is 0.577. The Morgan fingerprint density at radius 2 is 1.82 bits per heavy atom. The van der Waals surface area contributed by atoms with Crippen molar-refractivity contribution in [3.05, 3.63) is 45.8 Å². The number of aliphatic hydroxyl groups is 1. The van der Waals surface area contributed by atoms with Crippen LogP contribution in [-0.2, 0) is 16.6 Å². The van der Waals surface area contributed by atoms with Gasteiger partial charge in [-0.3, -0.25) is 0 Å². The Labute approximate surface area is 200 Å². The van der Waals surface area contributed by atoms with Crippen LogP contribution in [0.4, 0.5) is 10.7 Å². The van der Waals surface area contributed by atoms with Crippen LogP contribution in [-0.4, -0.2) is 42.5 Å². The first-order chi connectivity index (χ1) is 15.5. The van der Waals surface area contributed by atoms with Crippen LogP contribution >= 0.6 is 11.3 Å². The van der Waals surface area contributed by atoms with Crippen molar-refractivity contribution < 1.29 is 19.7 Å². The highest BCUT2D eigenvalue weighted by Gasteiger charge is 2.42. The molecule has 1 aromatic carbocycles. The number of carboxylic acid groups (broad SMARTS) is 1. The van der Waals surface area contributed by atoms with Crippen LogP contribution in [0.3, 0.4) is 0 Å². The molecule has 4 rings (SSSR count). The molecule has 6 nitrogen and oxygen atoms in total. The highest BCUT2D eigenvalue weighted by molar-refractivity contribution is 7.17. The number of anilines is 2. The topological polar surface area (TPSA) is 82.0 Å². The molecule has 1 atom stereocenters. The van der Waals surface area contributed by atoms with Gasteiger partial charge in [0.1, 0.15) is 5.00 Å². The van der Waals surface area contributed by atoms with Crippen molar-refractivity contribution in [1.29, 1.82) is 0 Å². The highest BCUT2D eigenvalue weighted by Crippen LogP contribution is 2.52. The van der Waals surface area contributed by atoms with E-state index in [-0.39, 0.29) is 10.8 Å². The van der Waals surface area contributed by atoms with Crippen LogP contribution in [0.5, 0.6) is 0 Å². The predicted molar refractivity (Wildman–Crippen MR) is 134 cm³/mol. The molecule has 0 radical (unpaired) electrons. The zero-order valence-electron chi connectivity index (χ0n) is 20.3. The molecule has 1 fully saturated rings. The second-order valence-corrected chi connectivity index (χ2v) is 11.9. The Morgan fingerprint density at radius 1 is 1.18 bits per heavy atom. The number of carboxylic acids is 1. The minimum atomic E-state index is -0.979. The second kappa shape index (κ2) is 8.93. The van der Waals surface area contributed by atoms with E-state index in [2.05, 4.69) is 37.9 Å². The maximum Gasteiger partial charge on any atom is 0.338 e. The standard InChI is InChI=1S/C26H36N2O4S/c1-25(2)14-19-20(24(30)31)23(33-21(19)26(3,4)15-25)27-22(29)16-6-8-17(9-7-16)28-12-10-18(32-5)11-13-28/h6-9,18,22,27,29H,10-15H2,1-5H3,(H,30,31). The molecule has 1 aliphatic carbocycles. The maximum atomic E-state index is 12.2. The molecule has 0 spiro atoms. The number of hydrogen-bond acceptors (Lipinski definition) is 6. The SMILES string of the molecule is COC1CCN(c2ccc(C(O)Nc3sc4c(c3C(=O)O)CC(C)(C)CC4(C)C)cc2)CC1. The van der Waals surface area contributed by atoms with Crippen LogP contribution in [0.25, 0.3) is 0 Å². The summed E-state index contributed by atoms with van der Waals surface area (Å²) in [6, 6.07) is 7.87. The third-order valence-electron chi connectivity index (χ3n) is 7.03. The Hall–Kier alpha value is -2.09. The summed E-state index contributed by atoms with van der Waals surface area (Å²) in [5, 5.41) is 24.6. The van der Waals surface area contributed by atoms with Crippen molar-refractivity contribution in [2.24, 2.45) is 5.41 Å². The number of nitrogens with one attached hydrogen (secondary N) is 1. The first kappa shape index (κ1) is 24.0. The molecule has 2 aromatic rings. The van der Waals surface area contributed by atoms with E-state index in [0.29, 0.717) is 22.2 Å². The molecule has 0 amide bonds. The lowest BCUT2D eigenvalue weighted by Gasteiger charge is -2.40. The lowest BCUT2D eigenvalue weighted by Crippen LogP contribution is -2.36. The summed E-state index contributed by atoms with van der Waals surface area (Å²) >= 11 is 1.48. The number of thiophene rings is 1. The number of hydrogen-bond donors (Lipinski definition) is 3. The summed E-state index contributed by atoms with van der Waals surface area (Å²) < 4.78 is 5.45. The van der Waals surface area contributed by atoms with Crippen molar-refractivity contribution in [2.75, 3.05) is 30.4 Å². The van der Waals surface area contributed by atoms with E-state index in [1.165, 1.54) is 11.3 Å². The number of methoxy groups -OCH3 is 1. The molecule has 180 valence electrons. The maximum absolute atomic E-state index is 12.2. The van der Waals surface area contributed by atoms with Crippen LogP contribution in [0, 0.1) is 5.41 Å². The second-order valence-electron chi connectivity index (χ2n) is 10.9. The quantitative estimate of drug-likeness (QED) is 0.488. The van der Waals surface area contributed by atoms with Crippen LogP contribution in [0.15, 0.2) is 24.3 Å². The summed E-state index contributed by atoms with van der Waals surface area (Å²) in [4.78, 5) is 15.7. The number of nitrogens with zero attached hydrogens (tertiary/aromatic N) is 1. The summed E-state index contributed by atoms with van der Waals surface area (Å²) in [6.07, 6.45) is 3.11. The average molecular weight is 473 g/mol. The van der Waals surface area contributed by atoms with Gasteiger partial charge in [-0.2, -0.15) is 0 Å². The number of aliphatic hydroxyl groups excluding tert-OH is 1. The lowest BCUT2D eigenvalue weighted by atomic mass is 9.65. The Balaban J connectivity index is 1.54. The molecule has 1 aromatic heterocycles. The molecule has 0 saturated carbocycles. The Bertz CT molecular complexity index is 1000. The van der Waals surface area contributed by atoms with E-state index in [0.717, 1.165) is 54.9 Å². The molecule has 1 aliphatic heterocycles. The molecular formula is C26H36N2O4S. The molecular weight excluding hydrogens is 436 g/mol. The summed E-state index contributed by atoms with van der Waals surface area (Å²) in [5.74, 6) is -0.939. The molecule has 33 heavy (non-hydrogen) atoms. The van der Waals surface area contributed by atoms with Crippen molar-refractivity contribution in [3.8, 4) is 0 Å².